The molecular weight excluding hydrogens is 212 g/mol. The van der Waals surface area contributed by atoms with Gasteiger partial charge in [-0.25, -0.2) is 0 Å². The van der Waals surface area contributed by atoms with Crippen molar-refractivity contribution in [2.24, 2.45) is 17.8 Å². The van der Waals surface area contributed by atoms with Crippen molar-refractivity contribution in [3.63, 3.8) is 0 Å². The standard InChI is InChI=1S/C14H28N2O/c1-9(2)6-13(14(17)15-5)16-12-7-11(8-12)10(3)4/h9-13,16H,6-8H2,1-5H3,(H,15,17). The molecule has 0 aliphatic heterocycles. The fourth-order valence-electron chi connectivity index (χ4n) is 2.52. The maximum Gasteiger partial charge on any atom is 0.236 e. The monoisotopic (exact) mass is 240 g/mol. The highest BCUT2D eigenvalue weighted by Crippen LogP contribution is 2.34. The van der Waals surface area contributed by atoms with Crippen molar-refractivity contribution in [3.05, 3.63) is 0 Å². The van der Waals surface area contributed by atoms with Crippen LogP contribution in [-0.2, 0) is 4.79 Å². The predicted octanol–water partition coefficient (Wildman–Crippen LogP) is 2.17. The molecule has 1 aliphatic rings. The molecule has 100 valence electrons. The van der Waals surface area contributed by atoms with E-state index < -0.39 is 0 Å². The SMILES string of the molecule is CNC(=O)C(CC(C)C)NC1CC(C(C)C)C1. The van der Waals surface area contributed by atoms with E-state index in [1.807, 2.05) is 0 Å². The van der Waals surface area contributed by atoms with Crippen molar-refractivity contribution >= 4 is 5.91 Å². The first kappa shape index (κ1) is 14.5. The van der Waals surface area contributed by atoms with Crippen molar-refractivity contribution in [3.8, 4) is 0 Å². The maximum absolute atomic E-state index is 11.8. The second-order valence-electron chi connectivity index (χ2n) is 6.14. The highest BCUT2D eigenvalue weighted by molar-refractivity contribution is 5.81. The number of nitrogens with one attached hydrogen (secondary N) is 2. The van der Waals surface area contributed by atoms with Crippen LogP contribution >= 0.6 is 0 Å². The van der Waals surface area contributed by atoms with Crippen LogP contribution in [0.3, 0.4) is 0 Å². The summed E-state index contributed by atoms with van der Waals surface area (Å²) in [7, 11) is 1.72. The Morgan fingerprint density at radius 3 is 2.24 bits per heavy atom. The zero-order valence-corrected chi connectivity index (χ0v) is 11.9. The fourth-order valence-corrected chi connectivity index (χ4v) is 2.52. The van der Waals surface area contributed by atoms with Gasteiger partial charge in [0.1, 0.15) is 0 Å². The van der Waals surface area contributed by atoms with Crippen LogP contribution in [0.25, 0.3) is 0 Å². The van der Waals surface area contributed by atoms with Gasteiger partial charge in [0, 0.05) is 13.1 Å². The van der Waals surface area contributed by atoms with E-state index in [0.717, 1.165) is 18.3 Å². The summed E-state index contributed by atoms with van der Waals surface area (Å²) in [6.07, 6.45) is 3.37. The van der Waals surface area contributed by atoms with E-state index in [1.54, 1.807) is 7.05 Å². The van der Waals surface area contributed by atoms with Crippen LogP contribution in [0.5, 0.6) is 0 Å². The minimum absolute atomic E-state index is 0.0156. The third-order valence-corrected chi connectivity index (χ3v) is 3.82. The summed E-state index contributed by atoms with van der Waals surface area (Å²) in [5.41, 5.74) is 0. The van der Waals surface area contributed by atoms with Gasteiger partial charge in [-0.2, -0.15) is 0 Å². The maximum atomic E-state index is 11.8. The Hall–Kier alpha value is -0.570. The molecule has 0 saturated heterocycles. The van der Waals surface area contributed by atoms with Crippen molar-refractivity contribution in [2.45, 2.75) is 59.0 Å². The van der Waals surface area contributed by atoms with E-state index >= 15 is 0 Å². The molecule has 0 spiro atoms. The minimum atomic E-state index is -0.0156. The van der Waals surface area contributed by atoms with Gasteiger partial charge in [0.15, 0.2) is 0 Å². The highest BCUT2D eigenvalue weighted by Gasteiger charge is 2.33. The lowest BCUT2D eigenvalue weighted by Crippen LogP contribution is -2.53. The molecule has 1 amide bonds. The van der Waals surface area contributed by atoms with Gasteiger partial charge in [0.25, 0.3) is 0 Å². The number of carbonyl (C=O) groups is 1. The van der Waals surface area contributed by atoms with Crippen molar-refractivity contribution < 1.29 is 4.79 Å². The molecule has 1 aliphatic carbocycles. The highest BCUT2D eigenvalue weighted by atomic mass is 16.2. The molecule has 1 fully saturated rings. The van der Waals surface area contributed by atoms with E-state index in [-0.39, 0.29) is 11.9 Å². The van der Waals surface area contributed by atoms with E-state index in [2.05, 4.69) is 38.3 Å². The van der Waals surface area contributed by atoms with E-state index in [9.17, 15) is 4.79 Å². The molecule has 3 nitrogen and oxygen atoms in total. The van der Waals surface area contributed by atoms with Gasteiger partial charge in [-0.05, 0) is 37.0 Å². The zero-order chi connectivity index (χ0) is 13.0. The summed E-state index contributed by atoms with van der Waals surface area (Å²) in [6.45, 7) is 8.89. The lowest BCUT2D eigenvalue weighted by molar-refractivity contribution is -0.123. The van der Waals surface area contributed by atoms with Crippen LogP contribution in [0.15, 0.2) is 0 Å². The first-order chi connectivity index (χ1) is 7.93. The summed E-state index contributed by atoms with van der Waals surface area (Å²) in [4.78, 5) is 11.8. The van der Waals surface area contributed by atoms with Crippen LogP contribution in [0.1, 0.15) is 47.0 Å². The Balaban J connectivity index is 2.38. The quantitative estimate of drug-likeness (QED) is 0.747. The van der Waals surface area contributed by atoms with Crippen molar-refractivity contribution in [2.75, 3.05) is 7.05 Å². The number of rotatable bonds is 6. The van der Waals surface area contributed by atoms with E-state index in [0.29, 0.717) is 12.0 Å². The number of likely N-dealkylation sites (N-methyl/N-ethyl adjacent to an activating group) is 1. The van der Waals surface area contributed by atoms with Gasteiger partial charge >= 0.3 is 0 Å². The summed E-state index contributed by atoms with van der Waals surface area (Å²) >= 11 is 0. The Kier molecular flexibility index (Phi) is 5.44. The Morgan fingerprint density at radius 2 is 1.82 bits per heavy atom. The van der Waals surface area contributed by atoms with Gasteiger partial charge in [-0.1, -0.05) is 27.7 Å². The molecular formula is C14H28N2O. The topological polar surface area (TPSA) is 41.1 Å². The van der Waals surface area contributed by atoms with Crippen molar-refractivity contribution in [1.82, 2.24) is 10.6 Å². The van der Waals surface area contributed by atoms with E-state index in [4.69, 9.17) is 0 Å². The van der Waals surface area contributed by atoms with Crippen LogP contribution in [0.4, 0.5) is 0 Å². The number of amides is 1. The smallest absolute Gasteiger partial charge is 0.236 e. The van der Waals surface area contributed by atoms with Gasteiger partial charge in [0.2, 0.25) is 5.91 Å². The van der Waals surface area contributed by atoms with Gasteiger partial charge in [-0.15, -0.1) is 0 Å². The molecule has 0 aromatic rings. The first-order valence-corrected chi connectivity index (χ1v) is 6.91. The summed E-state index contributed by atoms with van der Waals surface area (Å²) < 4.78 is 0. The van der Waals surface area contributed by atoms with Gasteiger partial charge in [-0.3, -0.25) is 4.79 Å². The molecule has 0 heterocycles. The average Bonchev–Trinajstić information content (AvgIpc) is 2.18. The molecule has 0 aromatic carbocycles. The lowest BCUT2D eigenvalue weighted by atomic mass is 9.73. The molecule has 0 aromatic heterocycles. The summed E-state index contributed by atoms with van der Waals surface area (Å²) in [5.74, 6) is 2.30. The second-order valence-corrected chi connectivity index (χ2v) is 6.14. The third-order valence-electron chi connectivity index (χ3n) is 3.82. The molecule has 2 N–H and O–H groups in total. The van der Waals surface area contributed by atoms with Crippen LogP contribution in [0.2, 0.25) is 0 Å². The van der Waals surface area contributed by atoms with Crippen LogP contribution in [-0.4, -0.2) is 25.0 Å². The number of hydrogen-bond acceptors (Lipinski definition) is 2. The largest absolute Gasteiger partial charge is 0.358 e. The molecule has 1 unspecified atom stereocenters. The number of carbonyl (C=O) groups excluding carboxylic acids is 1. The molecule has 0 radical (unpaired) electrons. The third kappa shape index (κ3) is 4.30. The predicted molar refractivity (Wildman–Crippen MR) is 71.8 cm³/mol. The van der Waals surface area contributed by atoms with Crippen LogP contribution in [0, 0.1) is 17.8 Å². The summed E-state index contributed by atoms with van der Waals surface area (Å²) in [5, 5.41) is 6.26. The fraction of sp³-hybridized carbons (Fsp3) is 0.929. The van der Waals surface area contributed by atoms with Gasteiger partial charge in [0.05, 0.1) is 6.04 Å². The number of hydrogen-bond donors (Lipinski definition) is 2. The molecule has 17 heavy (non-hydrogen) atoms. The van der Waals surface area contributed by atoms with Crippen LogP contribution < -0.4 is 10.6 Å². The Morgan fingerprint density at radius 1 is 1.24 bits per heavy atom. The van der Waals surface area contributed by atoms with E-state index in [1.165, 1.54) is 12.8 Å². The summed E-state index contributed by atoms with van der Waals surface area (Å²) in [6, 6.07) is 0.529. The van der Waals surface area contributed by atoms with Crippen molar-refractivity contribution in [1.29, 1.82) is 0 Å². The molecule has 1 atom stereocenters. The van der Waals surface area contributed by atoms with Gasteiger partial charge < -0.3 is 10.6 Å². The molecule has 1 saturated carbocycles. The average molecular weight is 240 g/mol. The zero-order valence-electron chi connectivity index (χ0n) is 11.9. The first-order valence-electron chi connectivity index (χ1n) is 6.91. The Bertz CT molecular complexity index is 245. The molecule has 3 heteroatoms. The molecule has 1 rings (SSSR count). The normalized spacial score (nSPS) is 25.8. The minimum Gasteiger partial charge on any atom is -0.358 e. The Labute approximate surface area is 106 Å². The molecule has 0 bridgehead atoms. The lowest BCUT2D eigenvalue weighted by Gasteiger charge is -2.40. The second kappa shape index (κ2) is 6.39.